The van der Waals surface area contributed by atoms with Gasteiger partial charge in [0.05, 0.1) is 6.10 Å². The maximum Gasteiger partial charge on any atom is 0.351 e. The maximum atomic E-state index is 11.3. The zero-order valence-electron chi connectivity index (χ0n) is 8.82. The molecule has 5 N–H and O–H groups in total. The predicted octanol–water partition coefficient (Wildman–Crippen LogP) is -1.55. The molecule has 1 aromatic rings. The van der Waals surface area contributed by atoms with E-state index in [1.165, 1.54) is 12.3 Å². The molecule has 0 aliphatic carbocycles. The van der Waals surface area contributed by atoms with Crippen LogP contribution in [0.15, 0.2) is 17.1 Å². The van der Waals surface area contributed by atoms with Crippen molar-refractivity contribution in [1.82, 2.24) is 9.55 Å². The Labute approximate surface area is 91.8 Å². The molecule has 0 amide bonds. The van der Waals surface area contributed by atoms with Gasteiger partial charge in [-0.25, -0.2) is 4.79 Å². The Balaban J connectivity index is 2.96. The van der Waals surface area contributed by atoms with Crippen LogP contribution in [0.5, 0.6) is 0 Å². The van der Waals surface area contributed by atoms with Crippen LogP contribution >= 0.6 is 0 Å². The third-order valence-electron chi connectivity index (χ3n) is 2.25. The summed E-state index contributed by atoms with van der Waals surface area (Å²) < 4.78 is 0.805. The summed E-state index contributed by atoms with van der Waals surface area (Å²) in [6.07, 6.45) is -2.64. The molecule has 0 bridgehead atoms. The summed E-state index contributed by atoms with van der Waals surface area (Å²) in [5, 5.41) is 28.5. The van der Waals surface area contributed by atoms with Crippen LogP contribution in [0.3, 0.4) is 0 Å². The molecule has 1 aromatic heterocycles. The SMILES string of the molecule is CCC(O)C(O)C(O)n1ccc(N)nc1=O. The number of rotatable bonds is 4. The van der Waals surface area contributed by atoms with E-state index >= 15 is 0 Å². The molecule has 0 saturated heterocycles. The number of aromatic nitrogens is 2. The van der Waals surface area contributed by atoms with Crippen molar-refractivity contribution in [3.8, 4) is 0 Å². The molecular formula is C9H15N3O4. The lowest BCUT2D eigenvalue weighted by molar-refractivity contribution is -0.0933. The Bertz CT molecular complexity index is 406. The van der Waals surface area contributed by atoms with Crippen LogP contribution in [0, 0.1) is 0 Å². The molecule has 3 atom stereocenters. The fraction of sp³-hybridized carbons (Fsp3) is 0.556. The fourth-order valence-corrected chi connectivity index (χ4v) is 1.23. The normalized spacial score (nSPS) is 16.8. The highest BCUT2D eigenvalue weighted by molar-refractivity contribution is 5.23. The maximum absolute atomic E-state index is 11.3. The van der Waals surface area contributed by atoms with Crippen molar-refractivity contribution in [2.45, 2.75) is 31.8 Å². The van der Waals surface area contributed by atoms with Gasteiger partial charge in [0.1, 0.15) is 11.9 Å². The molecule has 3 unspecified atom stereocenters. The first-order valence-electron chi connectivity index (χ1n) is 4.86. The molecule has 7 nitrogen and oxygen atoms in total. The third-order valence-corrected chi connectivity index (χ3v) is 2.25. The fourth-order valence-electron chi connectivity index (χ4n) is 1.23. The van der Waals surface area contributed by atoms with Gasteiger partial charge in [0.25, 0.3) is 0 Å². The highest BCUT2D eigenvalue weighted by Gasteiger charge is 2.25. The topological polar surface area (TPSA) is 122 Å². The first kappa shape index (κ1) is 12.6. The van der Waals surface area contributed by atoms with Crippen molar-refractivity contribution >= 4 is 5.82 Å². The minimum Gasteiger partial charge on any atom is -0.390 e. The summed E-state index contributed by atoms with van der Waals surface area (Å²) in [5.41, 5.74) is 4.49. The van der Waals surface area contributed by atoms with Gasteiger partial charge >= 0.3 is 5.69 Å². The number of nitrogens with zero attached hydrogens (tertiary/aromatic N) is 2. The van der Waals surface area contributed by atoms with Crippen LogP contribution in [-0.2, 0) is 0 Å². The van der Waals surface area contributed by atoms with Crippen LogP contribution in [0.4, 0.5) is 5.82 Å². The highest BCUT2D eigenvalue weighted by atomic mass is 16.4. The monoisotopic (exact) mass is 229 g/mol. The minimum atomic E-state index is -1.55. The van der Waals surface area contributed by atoms with Gasteiger partial charge in [-0.1, -0.05) is 6.92 Å². The Morgan fingerprint density at radius 3 is 2.62 bits per heavy atom. The Hall–Kier alpha value is -1.44. The van der Waals surface area contributed by atoms with Gasteiger partial charge < -0.3 is 21.1 Å². The molecule has 0 aliphatic rings. The Morgan fingerprint density at radius 1 is 1.50 bits per heavy atom. The van der Waals surface area contributed by atoms with E-state index < -0.39 is 24.1 Å². The number of aliphatic hydroxyl groups excluding tert-OH is 3. The van der Waals surface area contributed by atoms with Crippen molar-refractivity contribution in [1.29, 1.82) is 0 Å². The first-order chi connectivity index (χ1) is 7.47. The number of anilines is 1. The van der Waals surface area contributed by atoms with Gasteiger partial charge in [0.15, 0.2) is 6.23 Å². The van der Waals surface area contributed by atoms with Crippen LogP contribution < -0.4 is 11.4 Å². The minimum absolute atomic E-state index is 0.0268. The summed E-state index contributed by atoms with van der Waals surface area (Å²) >= 11 is 0. The van der Waals surface area contributed by atoms with Crippen LogP contribution in [-0.4, -0.2) is 37.1 Å². The predicted molar refractivity (Wildman–Crippen MR) is 56.5 cm³/mol. The van der Waals surface area contributed by atoms with E-state index in [4.69, 9.17) is 5.73 Å². The smallest absolute Gasteiger partial charge is 0.351 e. The first-order valence-corrected chi connectivity index (χ1v) is 4.86. The van der Waals surface area contributed by atoms with Crippen molar-refractivity contribution in [3.05, 3.63) is 22.7 Å². The lowest BCUT2D eigenvalue weighted by Gasteiger charge is -2.23. The Kier molecular flexibility index (Phi) is 3.99. The highest BCUT2D eigenvalue weighted by Crippen LogP contribution is 2.11. The second-order valence-corrected chi connectivity index (χ2v) is 3.42. The van der Waals surface area contributed by atoms with Crippen molar-refractivity contribution in [2.75, 3.05) is 5.73 Å². The zero-order valence-corrected chi connectivity index (χ0v) is 8.82. The Morgan fingerprint density at radius 2 is 2.12 bits per heavy atom. The number of hydrogen-bond acceptors (Lipinski definition) is 6. The lowest BCUT2D eigenvalue weighted by atomic mass is 10.1. The molecule has 0 radical (unpaired) electrons. The van der Waals surface area contributed by atoms with E-state index in [0.29, 0.717) is 0 Å². The number of hydrogen-bond donors (Lipinski definition) is 4. The van der Waals surface area contributed by atoms with E-state index in [1.807, 2.05) is 0 Å². The van der Waals surface area contributed by atoms with Gasteiger partial charge in [-0.2, -0.15) is 4.98 Å². The van der Waals surface area contributed by atoms with Crippen molar-refractivity contribution < 1.29 is 15.3 Å². The summed E-state index contributed by atoms with van der Waals surface area (Å²) in [7, 11) is 0. The quantitative estimate of drug-likeness (QED) is 0.496. The summed E-state index contributed by atoms with van der Waals surface area (Å²) in [4.78, 5) is 14.7. The molecule has 1 heterocycles. The van der Waals surface area contributed by atoms with Crippen molar-refractivity contribution in [3.63, 3.8) is 0 Å². The van der Waals surface area contributed by atoms with Gasteiger partial charge in [-0.15, -0.1) is 0 Å². The molecule has 16 heavy (non-hydrogen) atoms. The summed E-state index contributed by atoms with van der Waals surface area (Å²) in [6.45, 7) is 1.64. The standard InChI is InChI=1S/C9H15N3O4/c1-2-5(13)7(14)8(15)12-4-3-6(10)11-9(12)16/h3-5,7-8,13-15H,2H2,1H3,(H2,10,11,16). The third kappa shape index (κ3) is 2.57. The summed E-state index contributed by atoms with van der Waals surface area (Å²) in [6, 6.07) is 1.32. The van der Waals surface area contributed by atoms with E-state index in [9.17, 15) is 20.1 Å². The molecular weight excluding hydrogens is 214 g/mol. The van der Waals surface area contributed by atoms with E-state index in [-0.39, 0.29) is 12.2 Å². The van der Waals surface area contributed by atoms with E-state index in [1.54, 1.807) is 6.92 Å². The van der Waals surface area contributed by atoms with Crippen LogP contribution in [0.1, 0.15) is 19.6 Å². The zero-order chi connectivity index (χ0) is 12.3. The summed E-state index contributed by atoms with van der Waals surface area (Å²) in [5.74, 6) is 0.0268. The van der Waals surface area contributed by atoms with Crippen LogP contribution in [0.2, 0.25) is 0 Å². The second-order valence-electron chi connectivity index (χ2n) is 3.42. The average molecular weight is 229 g/mol. The van der Waals surface area contributed by atoms with Gasteiger partial charge in [-0.3, -0.25) is 4.57 Å². The second kappa shape index (κ2) is 5.06. The van der Waals surface area contributed by atoms with Crippen LogP contribution in [0.25, 0.3) is 0 Å². The number of nitrogen functional groups attached to an aromatic ring is 1. The molecule has 7 heteroatoms. The van der Waals surface area contributed by atoms with E-state index in [2.05, 4.69) is 4.98 Å². The molecule has 90 valence electrons. The molecule has 0 aromatic carbocycles. The molecule has 0 fully saturated rings. The van der Waals surface area contributed by atoms with Gasteiger partial charge in [0, 0.05) is 6.20 Å². The molecule has 0 spiro atoms. The van der Waals surface area contributed by atoms with Gasteiger partial charge in [0.2, 0.25) is 0 Å². The van der Waals surface area contributed by atoms with Gasteiger partial charge in [-0.05, 0) is 12.5 Å². The molecule has 1 rings (SSSR count). The average Bonchev–Trinajstić information content (AvgIpc) is 2.26. The lowest BCUT2D eigenvalue weighted by Crippen LogP contribution is -2.39. The largest absolute Gasteiger partial charge is 0.390 e. The molecule has 0 aliphatic heterocycles. The van der Waals surface area contributed by atoms with E-state index in [0.717, 1.165) is 4.57 Å². The molecule has 0 saturated carbocycles. The number of aliphatic hydroxyl groups is 3. The van der Waals surface area contributed by atoms with Crippen molar-refractivity contribution in [2.24, 2.45) is 0 Å². The number of nitrogens with two attached hydrogens (primary N) is 1.